The molecule has 0 aromatic rings. The second-order valence-electron chi connectivity index (χ2n) is 14.4. The highest BCUT2D eigenvalue weighted by Gasteiger charge is 2.22. The summed E-state index contributed by atoms with van der Waals surface area (Å²) >= 11 is 0. The average Bonchev–Trinajstić information content (AvgIpc) is 3.13. The van der Waals surface area contributed by atoms with E-state index in [2.05, 4.69) is 18.4 Å². The number of phosphoric ester groups is 1. The van der Waals surface area contributed by atoms with Crippen LogP contribution in [0.4, 0.5) is 0 Å². The van der Waals surface area contributed by atoms with Crippen molar-refractivity contribution < 1.29 is 42.7 Å². The monoisotopic (exact) mass is 781 g/mol. The third-order valence-electron chi connectivity index (χ3n) is 9.08. The van der Waals surface area contributed by atoms with Crippen LogP contribution in [0.5, 0.6) is 0 Å². The second kappa shape index (κ2) is 38.9. The zero-order valence-electron chi connectivity index (χ0n) is 34.1. The van der Waals surface area contributed by atoms with Crippen molar-refractivity contribution >= 4 is 25.5 Å². The summed E-state index contributed by atoms with van der Waals surface area (Å²) < 4.78 is 26.3. The van der Waals surface area contributed by atoms with Crippen molar-refractivity contribution in [2.75, 3.05) is 13.2 Å². The van der Waals surface area contributed by atoms with Crippen LogP contribution in [0.3, 0.4) is 0 Å². The molecule has 0 fully saturated rings. The Bertz CT molecular complexity index is 1080. The van der Waals surface area contributed by atoms with Crippen molar-refractivity contribution in [3.05, 3.63) is 48.6 Å². The zero-order valence-corrected chi connectivity index (χ0v) is 35.0. The molecule has 312 valence electrons. The summed E-state index contributed by atoms with van der Waals surface area (Å²) in [5.74, 6) is -0.816. The van der Waals surface area contributed by atoms with Crippen LogP contribution in [-0.2, 0) is 32.9 Å². The molecule has 0 rings (SSSR count). The number of rotatable bonds is 39. The molecule has 10 heteroatoms. The molecular formula is C44H77O9P. The van der Waals surface area contributed by atoms with Gasteiger partial charge in [0.05, 0.1) is 6.61 Å². The maximum atomic E-state index is 12.4. The lowest BCUT2D eigenvalue weighted by Gasteiger charge is -2.18. The quantitative estimate of drug-likeness (QED) is 0.0156. The first-order chi connectivity index (χ1) is 26.2. The van der Waals surface area contributed by atoms with Crippen LogP contribution in [0, 0.1) is 0 Å². The largest absolute Gasteiger partial charge is 0.469 e. The summed E-state index contributed by atoms with van der Waals surface area (Å²) in [6, 6.07) is 0. The maximum Gasteiger partial charge on any atom is 0.469 e. The molecule has 0 aromatic carbocycles. The first kappa shape index (κ1) is 51.7. The molecule has 0 heterocycles. The molecule has 0 bridgehead atoms. The van der Waals surface area contributed by atoms with Crippen LogP contribution < -0.4 is 0 Å². The SMILES string of the molecule is CCCCCCCCCCCCCCCCCCCCC(=O)OC[C@H](COP(=O)(O)O)OC(=O)CCC/C=C\C/C=C\C/C=C\C=C\C(=O)CCCCC. The van der Waals surface area contributed by atoms with Crippen molar-refractivity contribution in [2.45, 2.75) is 200 Å². The molecule has 54 heavy (non-hydrogen) atoms. The number of hydrogen-bond donors (Lipinski definition) is 2. The van der Waals surface area contributed by atoms with Gasteiger partial charge in [0.25, 0.3) is 0 Å². The van der Waals surface area contributed by atoms with Gasteiger partial charge < -0.3 is 19.3 Å². The van der Waals surface area contributed by atoms with E-state index in [4.69, 9.17) is 19.3 Å². The molecule has 2 N–H and O–H groups in total. The number of allylic oxidation sites excluding steroid dienone is 8. The number of unbranched alkanes of at least 4 members (excludes halogenated alkanes) is 20. The van der Waals surface area contributed by atoms with Crippen molar-refractivity contribution in [3.63, 3.8) is 0 Å². The minimum atomic E-state index is -4.78. The zero-order chi connectivity index (χ0) is 39.8. The number of esters is 2. The lowest BCUT2D eigenvalue weighted by molar-refractivity contribution is -0.161. The summed E-state index contributed by atoms with van der Waals surface area (Å²) in [5.41, 5.74) is 0. The third-order valence-corrected chi connectivity index (χ3v) is 9.56. The van der Waals surface area contributed by atoms with Crippen LogP contribution in [0.2, 0.25) is 0 Å². The standard InChI is InChI=1S/C44H77O9P/c1-3-5-7-8-9-10-11-12-13-14-15-16-17-20-23-26-29-33-37-43(46)51-39-42(40-52-54(48,49)50)53-44(47)38-34-30-27-24-21-18-19-22-25-28-32-36-41(45)35-31-6-4-2/h18-19,24-25,27-28,32,36,42H,3-17,20-23,26,29-31,33-35,37-40H2,1-2H3,(H2,48,49,50)/b19-18-,27-24-,28-25-,36-32+/t42-/m1/s1. The fraction of sp³-hybridized carbons (Fsp3) is 0.750. The molecule has 0 saturated heterocycles. The Morgan fingerprint density at radius 2 is 1.00 bits per heavy atom. The summed E-state index contributed by atoms with van der Waals surface area (Å²) in [6.07, 6.45) is 43.9. The fourth-order valence-corrected chi connectivity index (χ4v) is 6.21. The first-order valence-electron chi connectivity index (χ1n) is 21.4. The third kappa shape index (κ3) is 40.9. The minimum absolute atomic E-state index is 0.110. The van der Waals surface area contributed by atoms with E-state index >= 15 is 0 Å². The molecular weight excluding hydrogens is 703 g/mol. The Kier molecular flexibility index (Phi) is 37.3. The Labute approximate surface area is 329 Å². The van der Waals surface area contributed by atoms with Gasteiger partial charge in [0.15, 0.2) is 11.9 Å². The molecule has 0 aromatic heterocycles. The van der Waals surface area contributed by atoms with Crippen molar-refractivity contribution in [2.24, 2.45) is 0 Å². The normalized spacial score (nSPS) is 12.8. The molecule has 1 atom stereocenters. The van der Waals surface area contributed by atoms with Gasteiger partial charge in [-0.05, 0) is 44.6 Å². The van der Waals surface area contributed by atoms with Gasteiger partial charge in [0.1, 0.15) is 6.61 Å². The number of phosphoric acid groups is 1. The smallest absolute Gasteiger partial charge is 0.462 e. The van der Waals surface area contributed by atoms with E-state index < -0.39 is 32.5 Å². The van der Waals surface area contributed by atoms with Crippen molar-refractivity contribution in [1.82, 2.24) is 0 Å². The minimum Gasteiger partial charge on any atom is -0.462 e. The molecule has 0 saturated carbocycles. The summed E-state index contributed by atoms with van der Waals surface area (Å²) in [5, 5.41) is 0. The van der Waals surface area contributed by atoms with Crippen LogP contribution in [-0.4, -0.2) is 46.8 Å². The van der Waals surface area contributed by atoms with Gasteiger partial charge in [-0.2, -0.15) is 0 Å². The van der Waals surface area contributed by atoms with E-state index in [-0.39, 0.29) is 25.2 Å². The van der Waals surface area contributed by atoms with Gasteiger partial charge in [0, 0.05) is 19.3 Å². The fourth-order valence-electron chi connectivity index (χ4n) is 5.85. The van der Waals surface area contributed by atoms with Crippen LogP contribution in [0.1, 0.15) is 194 Å². The van der Waals surface area contributed by atoms with E-state index in [1.165, 1.54) is 96.3 Å². The number of ketones is 1. The summed E-state index contributed by atoms with van der Waals surface area (Å²) in [7, 11) is -4.78. The highest BCUT2D eigenvalue weighted by molar-refractivity contribution is 7.46. The molecule has 0 unspecified atom stereocenters. The number of carbonyl (C=O) groups excluding carboxylic acids is 3. The van der Waals surface area contributed by atoms with E-state index in [0.717, 1.165) is 44.9 Å². The van der Waals surface area contributed by atoms with Crippen LogP contribution in [0.15, 0.2) is 48.6 Å². The predicted molar refractivity (Wildman–Crippen MR) is 221 cm³/mol. The van der Waals surface area contributed by atoms with Gasteiger partial charge in [-0.1, -0.05) is 178 Å². The average molecular weight is 781 g/mol. The Balaban J connectivity index is 4.02. The Morgan fingerprint density at radius 3 is 1.56 bits per heavy atom. The number of hydrogen-bond acceptors (Lipinski definition) is 7. The molecule has 0 aliphatic heterocycles. The van der Waals surface area contributed by atoms with E-state index in [9.17, 15) is 18.9 Å². The lowest BCUT2D eigenvalue weighted by atomic mass is 10.0. The summed E-state index contributed by atoms with van der Waals surface area (Å²) in [6.45, 7) is 3.49. The summed E-state index contributed by atoms with van der Waals surface area (Å²) in [4.78, 5) is 54.5. The highest BCUT2D eigenvalue weighted by atomic mass is 31.2. The van der Waals surface area contributed by atoms with Crippen LogP contribution >= 0.6 is 7.82 Å². The van der Waals surface area contributed by atoms with Gasteiger partial charge >= 0.3 is 19.8 Å². The van der Waals surface area contributed by atoms with Crippen molar-refractivity contribution in [3.8, 4) is 0 Å². The molecule has 0 radical (unpaired) electrons. The van der Waals surface area contributed by atoms with E-state index in [1.807, 2.05) is 36.5 Å². The molecule has 0 aliphatic carbocycles. The van der Waals surface area contributed by atoms with Gasteiger partial charge in [-0.15, -0.1) is 0 Å². The Hall–Kier alpha value is -2.32. The second-order valence-corrected chi connectivity index (χ2v) is 15.6. The van der Waals surface area contributed by atoms with E-state index in [0.29, 0.717) is 25.7 Å². The highest BCUT2D eigenvalue weighted by Crippen LogP contribution is 2.36. The lowest BCUT2D eigenvalue weighted by Crippen LogP contribution is -2.29. The van der Waals surface area contributed by atoms with E-state index in [1.54, 1.807) is 12.2 Å². The number of ether oxygens (including phenoxy) is 2. The van der Waals surface area contributed by atoms with Gasteiger partial charge in [-0.3, -0.25) is 18.9 Å². The molecule has 0 amide bonds. The maximum absolute atomic E-state index is 12.4. The van der Waals surface area contributed by atoms with Crippen molar-refractivity contribution in [1.29, 1.82) is 0 Å². The first-order valence-corrected chi connectivity index (χ1v) is 22.9. The molecule has 9 nitrogen and oxygen atoms in total. The van der Waals surface area contributed by atoms with Gasteiger partial charge in [0.2, 0.25) is 0 Å². The predicted octanol–water partition coefficient (Wildman–Crippen LogP) is 12.3. The molecule has 0 spiro atoms. The van der Waals surface area contributed by atoms with Gasteiger partial charge in [-0.25, -0.2) is 4.57 Å². The Morgan fingerprint density at radius 1 is 0.537 bits per heavy atom. The number of carbonyl (C=O) groups is 3. The topological polar surface area (TPSA) is 136 Å². The van der Waals surface area contributed by atoms with Crippen LogP contribution in [0.25, 0.3) is 0 Å². The molecule has 0 aliphatic rings.